The molecule has 0 N–H and O–H groups in total. The van der Waals surface area contributed by atoms with Crippen LogP contribution >= 0.6 is 24.8 Å². The molecule has 0 aromatic heterocycles. The summed E-state index contributed by atoms with van der Waals surface area (Å²) in [5, 5.41) is 0. The molecule has 0 aromatic rings. The Hall–Kier alpha value is 1.93. The van der Waals surface area contributed by atoms with Crippen LogP contribution in [0.15, 0.2) is 0 Å². The van der Waals surface area contributed by atoms with E-state index in [2.05, 4.69) is 0 Å². The number of rotatable bonds is 4. The van der Waals surface area contributed by atoms with Crippen LogP contribution in [0.2, 0.25) is 0 Å². The molecule has 0 aromatic carbocycles. The minimum atomic E-state index is -0.486. The van der Waals surface area contributed by atoms with Crippen LogP contribution in [0.3, 0.4) is 0 Å². The molecule has 0 atom stereocenters. The molecule has 0 unspecified atom stereocenters. The van der Waals surface area contributed by atoms with Gasteiger partial charge in [-0.25, -0.2) is 0 Å². The molecular weight excluding hydrogens is 247 g/mol. The van der Waals surface area contributed by atoms with Crippen LogP contribution in [0.4, 0.5) is 0 Å². The first-order valence-corrected chi connectivity index (χ1v) is 3.67. The van der Waals surface area contributed by atoms with Gasteiger partial charge in [0.15, 0.2) is 0 Å². The average Bonchev–Trinajstić information content (AvgIpc) is 1.69. The molecule has 0 amide bonds. The van der Waals surface area contributed by atoms with E-state index in [1.807, 2.05) is 13.8 Å². The van der Waals surface area contributed by atoms with Crippen LogP contribution in [0.5, 0.6) is 0 Å². The molecule has 0 heterocycles. The van der Waals surface area contributed by atoms with Crippen molar-refractivity contribution in [3.05, 3.63) is 0 Å². The molecule has 0 aliphatic rings. The Labute approximate surface area is 99.4 Å². The van der Waals surface area contributed by atoms with Gasteiger partial charge in [-0.15, -0.1) is 24.8 Å². The summed E-state index contributed by atoms with van der Waals surface area (Å²) in [5.74, 6) is 0. The third-order valence-corrected chi connectivity index (χ3v) is 1.68. The van der Waals surface area contributed by atoms with Crippen molar-refractivity contribution in [1.82, 2.24) is 0 Å². The van der Waals surface area contributed by atoms with E-state index < -0.39 is 19.9 Å². The van der Waals surface area contributed by atoms with E-state index >= 15 is 0 Å². The van der Waals surface area contributed by atoms with Gasteiger partial charge in [0, 0.05) is 21.7 Å². The summed E-state index contributed by atoms with van der Waals surface area (Å²) >= 11 is -0.486. The van der Waals surface area contributed by atoms with Crippen molar-refractivity contribution in [3.63, 3.8) is 0 Å². The number of halogens is 2. The molecule has 0 radical (unpaired) electrons. The van der Waals surface area contributed by atoms with E-state index in [0.29, 0.717) is 0 Å². The molecule has 0 aliphatic carbocycles. The normalized spacial score (nSPS) is 6.20. The van der Waals surface area contributed by atoms with Crippen molar-refractivity contribution in [2.24, 2.45) is 0 Å². The second kappa shape index (κ2) is 22.4. The summed E-state index contributed by atoms with van der Waals surface area (Å²) in [4.78, 5) is 0. The standard InChI is InChI=1S/2C2H5O.2ClH.2Ti/c2*1-2-3;;;;/h2*2H2,1H3;2*1H;;/q2*-1;;;;+2. The third kappa shape index (κ3) is 22.5. The smallest absolute Gasteiger partial charge is 0 e. The molecule has 2 nitrogen and oxygen atoms in total. The summed E-state index contributed by atoms with van der Waals surface area (Å²) in [7, 11) is 0. The van der Waals surface area contributed by atoms with Gasteiger partial charge in [0.1, 0.15) is 0 Å². The Kier molecular flexibility index (Phi) is 50.9. The van der Waals surface area contributed by atoms with Gasteiger partial charge >= 0.3 is 53.6 Å². The van der Waals surface area contributed by atoms with E-state index in [4.69, 9.17) is 6.64 Å². The van der Waals surface area contributed by atoms with Crippen molar-refractivity contribution < 1.29 is 48.3 Å². The van der Waals surface area contributed by atoms with Crippen molar-refractivity contribution >= 4 is 24.8 Å². The van der Waals surface area contributed by atoms with Gasteiger partial charge in [0.2, 0.25) is 0 Å². The molecule has 10 heavy (non-hydrogen) atoms. The molecule has 62 valence electrons. The minimum absolute atomic E-state index is 0. The summed E-state index contributed by atoms with van der Waals surface area (Å²) in [6, 6.07) is 0. The number of hydrogen-bond acceptors (Lipinski definition) is 2. The Morgan fingerprint density at radius 3 is 1.50 bits per heavy atom. The maximum atomic E-state index is 4.98. The second-order valence-corrected chi connectivity index (χ2v) is 2.11. The fraction of sp³-hybridized carbons (Fsp3) is 1.00. The van der Waals surface area contributed by atoms with E-state index in [1.165, 1.54) is 0 Å². The molecule has 0 saturated carbocycles. The Bertz CT molecular complexity index is 38.4. The van der Waals surface area contributed by atoms with Gasteiger partial charge in [0.25, 0.3) is 0 Å². The summed E-state index contributed by atoms with van der Waals surface area (Å²) in [6.45, 7) is 5.53. The third-order valence-electron chi connectivity index (χ3n) is 0.407. The first-order chi connectivity index (χ1) is 3.41. The molecule has 0 saturated heterocycles. The quantitative estimate of drug-likeness (QED) is 0.566. The zero-order valence-electron chi connectivity index (χ0n) is 6.05. The molecular formula is C4H12Cl2O2Ti2. The van der Waals surface area contributed by atoms with Crippen molar-refractivity contribution in [1.29, 1.82) is 0 Å². The second-order valence-electron chi connectivity index (χ2n) is 0.949. The maximum Gasteiger partial charge on any atom is 0 e. The average molecular weight is 259 g/mol. The molecule has 0 spiro atoms. The van der Waals surface area contributed by atoms with E-state index in [0.717, 1.165) is 13.2 Å². The number of hydrogen-bond donors (Lipinski definition) is 0. The summed E-state index contributed by atoms with van der Waals surface area (Å²) in [5.41, 5.74) is 0. The van der Waals surface area contributed by atoms with Crippen LogP contribution in [-0.4, -0.2) is 13.2 Å². The fourth-order valence-corrected chi connectivity index (χ4v) is 0.658. The van der Waals surface area contributed by atoms with E-state index in [1.54, 1.807) is 0 Å². The monoisotopic (exact) mass is 258 g/mol. The van der Waals surface area contributed by atoms with Gasteiger partial charge in [0.05, 0.1) is 0 Å². The maximum absolute atomic E-state index is 4.98. The van der Waals surface area contributed by atoms with Crippen LogP contribution in [0, 0.1) is 0 Å². The van der Waals surface area contributed by atoms with Crippen molar-refractivity contribution in [2.45, 2.75) is 13.8 Å². The zero-order chi connectivity index (χ0) is 5.54. The molecule has 6 heteroatoms. The van der Waals surface area contributed by atoms with Crippen LogP contribution in [-0.2, 0) is 48.3 Å². The van der Waals surface area contributed by atoms with E-state index in [9.17, 15) is 0 Å². The predicted octanol–water partition coefficient (Wildman–Crippen LogP) is 1.81. The summed E-state index contributed by atoms with van der Waals surface area (Å²) in [6.07, 6.45) is 0. The fourth-order valence-electron chi connectivity index (χ4n) is 0.160. The van der Waals surface area contributed by atoms with E-state index in [-0.39, 0.29) is 46.5 Å². The largest absolute Gasteiger partial charge is 0.147 e. The molecule has 0 aliphatic heterocycles. The predicted molar refractivity (Wildman–Crippen MR) is 37.7 cm³/mol. The molecule has 0 fully saturated rings. The SMILES string of the molecule is CC[O][Ti][O]CC.Cl.Cl.[Ti]. The van der Waals surface area contributed by atoms with Gasteiger partial charge in [-0.1, -0.05) is 0 Å². The molecule has 0 rings (SSSR count). The van der Waals surface area contributed by atoms with Crippen molar-refractivity contribution in [2.75, 3.05) is 13.2 Å². The zero-order valence-corrected chi connectivity index (χ0v) is 10.8. The van der Waals surface area contributed by atoms with Crippen LogP contribution < -0.4 is 0 Å². The first kappa shape index (κ1) is 22.7. The Morgan fingerprint density at radius 2 is 1.30 bits per heavy atom. The van der Waals surface area contributed by atoms with Gasteiger partial charge in [-0.3, -0.25) is 0 Å². The van der Waals surface area contributed by atoms with Gasteiger partial charge < -0.3 is 0 Å². The van der Waals surface area contributed by atoms with Crippen molar-refractivity contribution in [3.8, 4) is 0 Å². The van der Waals surface area contributed by atoms with Crippen LogP contribution in [0.1, 0.15) is 13.8 Å². The summed E-state index contributed by atoms with van der Waals surface area (Å²) < 4.78 is 9.95. The molecule has 0 bridgehead atoms. The minimum Gasteiger partial charge on any atom is -0.147 e. The topological polar surface area (TPSA) is 18.5 Å². The van der Waals surface area contributed by atoms with Gasteiger partial charge in [-0.05, 0) is 0 Å². The Morgan fingerprint density at radius 1 is 1.00 bits per heavy atom. The van der Waals surface area contributed by atoms with Crippen LogP contribution in [0.25, 0.3) is 0 Å². The van der Waals surface area contributed by atoms with Gasteiger partial charge in [-0.2, -0.15) is 0 Å². The Balaban J connectivity index is -0.0000000600. The first-order valence-electron chi connectivity index (χ1n) is 2.40.